The first-order valence-corrected chi connectivity index (χ1v) is 10.3. The molecule has 0 fully saturated rings. The van der Waals surface area contributed by atoms with Crippen molar-refractivity contribution < 1.29 is 8.42 Å². The molecule has 0 N–H and O–H groups in total. The van der Waals surface area contributed by atoms with Gasteiger partial charge in [-0.25, -0.2) is 8.42 Å². The third-order valence-corrected chi connectivity index (χ3v) is 8.02. The van der Waals surface area contributed by atoms with Crippen LogP contribution in [0.2, 0.25) is 0 Å². The van der Waals surface area contributed by atoms with Crippen molar-refractivity contribution in [1.29, 1.82) is 0 Å². The van der Waals surface area contributed by atoms with Crippen molar-refractivity contribution in [3.8, 4) is 0 Å². The minimum Gasteiger partial charge on any atom is -0.222 e. The van der Waals surface area contributed by atoms with Crippen molar-refractivity contribution in [3.05, 3.63) is 60.2 Å². The maximum atomic E-state index is 12.7. The van der Waals surface area contributed by atoms with Gasteiger partial charge >= 0.3 is 0 Å². The van der Waals surface area contributed by atoms with Gasteiger partial charge < -0.3 is 0 Å². The summed E-state index contributed by atoms with van der Waals surface area (Å²) in [7, 11) is -3.46. The number of halogens is 1. The number of alkyl halides is 1. The first kappa shape index (κ1) is 18.4. The summed E-state index contributed by atoms with van der Waals surface area (Å²) >= 11 is 7.25. The highest BCUT2D eigenvalue weighted by molar-refractivity contribution is 8.13. The van der Waals surface area contributed by atoms with Gasteiger partial charge in [-0.15, -0.1) is 23.4 Å². The number of sulfone groups is 1. The number of hydrogen-bond donors (Lipinski definition) is 0. The molecule has 2 aromatic rings. The summed E-state index contributed by atoms with van der Waals surface area (Å²) in [6.07, 6.45) is 0. The average molecular weight is 369 g/mol. The van der Waals surface area contributed by atoms with Gasteiger partial charge in [-0.1, -0.05) is 51.1 Å². The minimum atomic E-state index is -3.46. The Morgan fingerprint density at radius 3 is 2.04 bits per heavy atom. The first-order valence-electron chi connectivity index (χ1n) is 7.37. The number of benzene rings is 2. The van der Waals surface area contributed by atoms with Gasteiger partial charge in [-0.3, -0.25) is 0 Å². The number of rotatable bonds is 5. The van der Waals surface area contributed by atoms with E-state index >= 15 is 0 Å². The van der Waals surface area contributed by atoms with Crippen LogP contribution in [0.3, 0.4) is 0 Å². The average Bonchev–Trinajstić information content (AvgIpc) is 2.53. The molecular weight excluding hydrogens is 348 g/mol. The van der Waals surface area contributed by atoms with Crippen LogP contribution in [0.5, 0.6) is 0 Å². The zero-order chi connectivity index (χ0) is 17.1. The molecule has 1 atom stereocenters. The molecule has 0 aliphatic carbocycles. The standard InChI is InChI=1S/C18H21ClO2S2/c1-18(2,3)14-9-11-15(12-10-14)22-17(13-19)23(20,21)16-7-5-4-6-8-16/h4-12,17H,13H2,1-3H3. The number of hydrogen-bond acceptors (Lipinski definition) is 3. The van der Waals surface area contributed by atoms with Crippen LogP contribution < -0.4 is 0 Å². The third-order valence-electron chi connectivity index (χ3n) is 3.53. The van der Waals surface area contributed by atoms with Gasteiger partial charge in [0.25, 0.3) is 0 Å². The maximum Gasteiger partial charge on any atom is 0.192 e. The lowest BCUT2D eigenvalue weighted by atomic mass is 9.87. The van der Waals surface area contributed by atoms with Crippen LogP contribution in [-0.4, -0.2) is 18.9 Å². The van der Waals surface area contributed by atoms with Gasteiger partial charge in [0.1, 0.15) is 4.58 Å². The van der Waals surface area contributed by atoms with Crippen LogP contribution >= 0.6 is 23.4 Å². The Morgan fingerprint density at radius 1 is 1.00 bits per heavy atom. The van der Waals surface area contributed by atoms with E-state index in [0.29, 0.717) is 4.90 Å². The predicted octanol–water partition coefficient (Wildman–Crippen LogP) is 5.12. The normalized spacial score (nSPS) is 13.7. The lowest BCUT2D eigenvalue weighted by Gasteiger charge is -2.20. The summed E-state index contributed by atoms with van der Waals surface area (Å²) in [5.41, 5.74) is 1.29. The van der Waals surface area contributed by atoms with Crippen LogP contribution in [0.1, 0.15) is 26.3 Å². The van der Waals surface area contributed by atoms with Crippen molar-refractivity contribution in [2.45, 2.75) is 40.6 Å². The molecule has 2 aromatic carbocycles. The molecule has 0 aliphatic rings. The third kappa shape index (κ3) is 4.52. The molecule has 2 nitrogen and oxygen atoms in total. The van der Waals surface area contributed by atoms with E-state index < -0.39 is 14.4 Å². The monoisotopic (exact) mass is 368 g/mol. The molecule has 0 spiro atoms. The largest absolute Gasteiger partial charge is 0.222 e. The zero-order valence-electron chi connectivity index (χ0n) is 13.5. The fourth-order valence-corrected chi connectivity index (χ4v) is 5.65. The number of thioether (sulfide) groups is 1. The predicted molar refractivity (Wildman–Crippen MR) is 99.1 cm³/mol. The molecule has 0 saturated carbocycles. The molecule has 0 aromatic heterocycles. The Morgan fingerprint density at radius 2 is 1.57 bits per heavy atom. The summed E-state index contributed by atoms with van der Waals surface area (Å²) in [4.78, 5) is 1.22. The lowest BCUT2D eigenvalue weighted by molar-refractivity contribution is 0.589. The van der Waals surface area contributed by atoms with E-state index in [4.69, 9.17) is 11.6 Å². The SMILES string of the molecule is CC(C)(C)c1ccc(SC(CCl)S(=O)(=O)c2ccccc2)cc1. The maximum absolute atomic E-state index is 12.7. The quantitative estimate of drug-likeness (QED) is 0.543. The van der Waals surface area contributed by atoms with E-state index in [1.54, 1.807) is 30.3 Å². The molecule has 0 amide bonds. The van der Waals surface area contributed by atoms with Crippen molar-refractivity contribution >= 4 is 33.2 Å². The van der Waals surface area contributed by atoms with Gasteiger partial charge in [-0.05, 0) is 35.2 Å². The van der Waals surface area contributed by atoms with E-state index in [2.05, 4.69) is 20.8 Å². The highest BCUT2D eigenvalue weighted by Gasteiger charge is 2.27. The van der Waals surface area contributed by atoms with Gasteiger partial charge in [0.2, 0.25) is 0 Å². The van der Waals surface area contributed by atoms with Gasteiger partial charge in [0.15, 0.2) is 9.84 Å². The highest BCUT2D eigenvalue weighted by Crippen LogP contribution is 2.33. The van der Waals surface area contributed by atoms with Crippen LogP contribution in [0, 0.1) is 0 Å². The summed E-state index contributed by atoms with van der Waals surface area (Å²) < 4.78 is 24.7. The first-order chi connectivity index (χ1) is 10.7. The molecule has 2 rings (SSSR count). The van der Waals surface area contributed by atoms with Crippen molar-refractivity contribution in [1.82, 2.24) is 0 Å². The molecule has 0 bridgehead atoms. The second kappa shape index (κ2) is 7.29. The van der Waals surface area contributed by atoms with Gasteiger partial charge in [0, 0.05) is 10.8 Å². The molecule has 0 saturated heterocycles. The van der Waals surface area contributed by atoms with Crippen LogP contribution in [-0.2, 0) is 15.3 Å². The molecule has 23 heavy (non-hydrogen) atoms. The fraction of sp³-hybridized carbons (Fsp3) is 0.333. The molecule has 0 radical (unpaired) electrons. The van der Waals surface area contributed by atoms with E-state index in [1.807, 2.05) is 24.3 Å². The summed E-state index contributed by atoms with van der Waals surface area (Å²) in [6, 6.07) is 16.5. The van der Waals surface area contributed by atoms with E-state index in [1.165, 1.54) is 17.3 Å². The van der Waals surface area contributed by atoms with Crippen molar-refractivity contribution in [2.75, 3.05) is 5.88 Å². The Bertz CT molecular complexity index is 733. The summed E-state index contributed by atoms with van der Waals surface area (Å²) in [5, 5.41) is 0. The summed E-state index contributed by atoms with van der Waals surface area (Å²) in [6.45, 7) is 6.45. The van der Waals surface area contributed by atoms with Crippen LogP contribution in [0.25, 0.3) is 0 Å². The second-order valence-corrected chi connectivity index (χ2v) is 10.3. The zero-order valence-corrected chi connectivity index (χ0v) is 15.9. The topological polar surface area (TPSA) is 34.1 Å². The fourth-order valence-electron chi connectivity index (χ4n) is 2.13. The smallest absolute Gasteiger partial charge is 0.192 e. The second-order valence-electron chi connectivity index (χ2n) is 6.33. The molecule has 5 heteroatoms. The molecule has 0 heterocycles. The summed E-state index contributed by atoms with van der Waals surface area (Å²) in [5.74, 6) is 0.0446. The lowest BCUT2D eigenvalue weighted by Crippen LogP contribution is -2.19. The molecule has 0 aliphatic heterocycles. The van der Waals surface area contributed by atoms with Crippen LogP contribution in [0.4, 0.5) is 0 Å². The van der Waals surface area contributed by atoms with E-state index in [9.17, 15) is 8.42 Å². The van der Waals surface area contributed by atoms with Gasteiger partial charge in [0.05, 0.1) is 4.90 Å². The minimum absolute atomic E-state index is 0.0446. The van der Waals surface area contributed by atoms with E-state index in [-0.39, 0.29) is 11.3 Å². The van der Waals surface area contributed by atoms with Crippen molar-refractivity contribution in [3.63, 3.8) is 0 Å². The van der Waals surface area contributed by atoms with Crippen LogP contribution in [0.15, 0.2) is 64.4 Å². The van der Waals surface area contributed by atoms with Gasteiger partial charge in [-0.2, -0.15) is 0 Å². The van der Waals surface area contributed by atoms with E-state index in [0.717, 1.165) is 4.90 Å². The Hall–Kier alpha value is -0.970. The Labute approximate surface area is 148 Å². The molecule has 124 valence electrons. The molecule has 1 unspecified atom stereocenters. The van der Waals surface area contributed by atoms with Crippen molar-refractivity contribution in [2.24, 2.45) is 0 Å². The highest BCUT2D eigenvalue weighted by atomic mass is 35.5. The Balaban J connectivity index is 2.23. The Kier molecular flexibility index (Phi) is 5.82. The molecular formula is C18H21ClO2S2.